The number of thiazole rings is 1. The Bertz CT molecular complexity index is 560. The Morgan fingerprint density at radius 1 is 1.46 bits per heavy atom. The Morgan fingerprint density at radius 2 is 2.31 bits per heavy atom. The van der Waals surface area contributed by atoms with E-state index >= 15 is 0 Å². The average molecular weight is 394 g/mol. The summed E-state index contributed by atoms with van der Waals surface area (Å²) >= 11 is 0.958. The van der Waals surface area contributed by atoms with E-state index in [1.165, 1.54) is 0 Å². The van der Waals surface area contributed by atoms with Crippen molar-refractivity contribution in [1.29, 1.82) is 0 Å². The van der Waals surface area contributed by atoms with E-state index in [1.54, 1.807) is 0 Å². The molecule has 2 heterocycles. The number of rotatable bonds is 9. The SMILES string of the molecule is CCNC(=NCc1nc(C(F)(F)F)cs1)NCCCOCC1CCCO1. The first kappa shape index (κ1) is 20.9. The fourth-order valence-corrected chi connectivity index (χ4v) is 3.10. The second-order valence-electron chi connectivity index (χ2n) is 5.81. The zero-order chi connectivity index (χ0) is 18.8. The van der Waals surface area contributed by atoms with Gasteiger partial charge in [-0.2, -0.15) is 13.2 Å². The van der Waals surface area contributed by atoms with Crippen LogP contribution in [0.5, 0.6) is 0 Å². The maximum atomic E-state index is 12.6. The lowest BCUT2D eigenvalue weighted by Crippen LogP contribution is -2.38. The molecule has 10 heteroatoms. The van der Waals surface area contributed by atoms with E-state index in [0.29, 0.717) is 37.3 Å². The Kier molecular flexibility index (Phi) is 8.60. The van der Waals surface area contributed by atoms with Crippen LogP contribution in [0.1, 0.15) is 36.9 Å². The molecule has 1 aromatic rings. The molecule has 0 bridgehead atoms. The van der Waals surface area contributed by atoms with Crippen molar-refractivity contribution >= 4 is 17.3 Å². The van der Waals surface area contributed by atoms with Crippen molar-refractivity contribution in [3.63, 3.8) is 0 Å². The predicted molar refractivity (Wildman–Crippen MR) is 94.3 cm³/mol. The number of guanidine groups is 1. The zero-order valence-electron chi connectivity index (χ0n) is 14.8. The molecule has 6 nitrogen and oxygen atoms in total. The topological polar surface area (TPSA) is 67.8 Å². The van der Waals surface area contributed by atoms with Gasteiger partial charge in [-0.3, -0.25) is 0 Å². The fourth-order valence-electron chi connectivity index (χ4n) is 2.37. The van der Waals surface area contributed by atoms with E-state index in [0.717, 1.165) is 42.6 Å². The Morgan fingerprint density at radius 3 is 2.96 bits per heavy atom. The average Bonchev–Trinajstić information content (AvgIpc) is 3.26. The Hall–Kier alpha value is -1.39. The van der Waals surface area contributed by atoms with Crippen LogP contribution in [0.25, 0.3) is 0 Å². The number of nitrogens with zero attached hydrogens (tertiary/aromatic N) is 2. The van der Waals surface area contributed by atoms with Gasteiger partial charge in [0, 0.05) is 31.7 Å². The number of halogens is 3. The van der Waals surface area contributed by atoms with E-state index < -0.39 is 11.9 Å². The molecule has 1 saturated heterocycles. The number of hydrogen-bond donors (Lipinski definition) is 2. The van der Waals surface area contributed by atoms with E-state index in [2.05, 4.69) is 20.6 Å². The molecule has 0 spiro atoms. The second kappa shape index (κ2) is 10.7. The van der Waals surface area contributed by atoms with Gasteiger partial charge in [0.1, 0.15) is 5.01 Å². The lowest BCUT2D eigenvalue weighted by Gasteiger charge is -2.12. The highest BCUT2D eigenvalue weighted by Gasteiger charge is 2.33. The van der Waals surface area contributed by atoms with Gasteiger partial charge in [0.05, 0.1) is 19.3 Å². The van der Waals surface area contributed by atoms with Crippen LogP contribution in [-0.4, -0.2) is 50.0 Å². The van der Waals surface area contributed by atoms with Gasteiger partial charge in [-0.05, 0) is 26.2 Å². The van der Waals surface area contributed by atoms with Crippen molar-refractivity contribution in [2.24, 2.45) is 4.99 Å². The summed E-state index contributed by atoms with van der Waals surface area (Å²) in [5, 5.41) is 7.54. The summed E-state index contributed by atoms with van der Waals surface area (Å²) in [7, 11) is 0. The highest BCUT2D eigenvalue weighted by Crippen LogP contribution is 2.30. The normalized spacial score (nSPS) is 18.3. The maximum Gasteiger partial charge on any atom is 0.434 e. The molecule has 0 radical (unpaired) electrons. The number of aromatic nitrogens is 1. The van der Waals surface area contributed by atoms with Gasteiger partial charge in [-0.25, -0.2) is 9.98 Å². The van der Waals surface area contributed by atoms with Gasteiger partial charge in [-0.15, -0.1) is 11.3 Å². The lowest BCUT2D eigenvalue weighted by atomic mass is 10.2. The number of hydrogen-bond acceptors (Lipinski definition) is 5. The number of alkyl halides is 3. The molecule has 148 valence electrons. The quantitative estimate of drug-likeness (QED) is 0.383. The number of aliphatic imine (C=N–C) groups is 1. The van der Waals surface area contributed by atoms with Gasteiger partial charge in [0.2, 0.25) is 0 Å². The molecule has 2 rings (SSSR count). The van der Waals surface area contributed by atoms with Crippen LogP contribution >= 0.6 is 11.3 Å². The molecule has 0 saturated carbocycles. The fraction of sp³-hybridized carbons (Fsp3) is 0.750. The summed E-state index contributed by atoms with van der Waals surface area (Å²) in [5.74, 6) is 0.551. The van der Waals surface area contributed by atoms with Gasteiger partial charge in [0.25, 0.3) is 0 Å². The summed E-state index contributed by atoms with van der Waals surface area (Å²) in [4.78, 5) is 7.85. The molecule has 1 unspecified atom stereocenters. The molecule has 26 heavy (non-hydrogen) atoms. The third kappa shape index (κ3) is 7.46. The first-order valence-electron chi connectivity index (χ1n) is 8.72. The van der Waals surface area contributed by atoms with Gasteiger partial charge < -0.3 is 20.1 Å². The maximum absolute atomic E-state index is 12.6. The highest BCUT2D eigenvalue weighted by atomic mass is 32.1. The minimum absolute atomic E-state index is 0.103. The summed E-state index contributed by atoms with van der Waals surface area (Å²) in [6.45, 7) is 5.41. The third-order valence-corrected chi connectivity index (χ3v) is 4.48. The van der Waals surface area contributed by atoms with Crippen molar-refractivity contribution in [1.82, 2.24) is 15.6 Å². The minimum atomic E-state index is -4.41. The van der Waals surface area contributed by atoms with Crippen LogP contribution < -0.4 is 10.6 Å². The molecular weight excluding hydrogens is 369 g/mol. The third-order valence-electron chi connectivity index (χ3n) is 3.64. The first-order chi connectivity index (χ1) is 12.5. The van der Waals surface area contributed by atoms with Gasteiger partial charge in [-0.1, -0.05) is 0 Å². The van der Waals surface area contributed by atoms with E-state index in [-0.39, 0.29) is 12.6 Å². The van der Waals surface area contributed by atoms with Crippen LogP contribution in [-0.2, 0) is 22.2 Å². The minimum Gasteiger partial charge on any atom is -0.379 e. The largest absolute Gasteiger partial charge is 0.434 e. The monoisotopic (exact) mass is 394 g/mol. The Balaban J connectivity index is 1.68. The second-order valence-corrected chi connectivity index (χ2v) is 6.75. The summed E-state index contributed by atoms with van der Waals surface area (Å²) in [6.07, 6.45) is -1.23. The van der Waals surface area contributed by atoms with E-state index in [9.17, 15) is 13.2 Å². The molecule has 1 atom stereocenters. The molecule has 0 amide bonds. The molecule has 1 aliphatic rings. The lowest BCUT2D eigenvalue weighted by molar-refractivity contribution is -0.140. The smallest absolute Gasteiger partial charge is 0.379 e. The van der Waals surface area contributed by atoms with Gasteiger partial charge >= 0.3 is 6.18 Å². The molecular formula is C16H25F3N4O2S. The molecule has 1 aliphatic heterocycles. The van der Waals surface area contributed by atoms with Gasteiger partial charge in [0.15, 0.2) is 11.7 Å². The number of ether oxygens (including phenoxy) is 2. The van der Waals surface area contributed by atoms with Crippen LogP contribution in [0, 0.1) is 0 Å². The van der Waals surface area contributed by atoms with Crippen molar-refractivity contribution < 1.29 is 22.6 Å². The molecule has 0 aromatic carbocycles. The summed E-state index contributed by atoms with van der Waals surface area (Å²) in [5.41, 5.74) is -0.867. The number of nitrogens with one attached hydrogen (secondary N) is 2. The van der Waals surface area contributed by atoms with Crippen molar-refractivity contribution in [3.8, 4) is 0 Å². The van der Waals surface area contributed by atoms with Crippen molar-refractivity contribution in [2.75, 3.05) is 32.9 Å². The van der Waals surface area contributed by atoms with Crippen molar-refractivity contribution in [3.05, 3.63) is 16.1 Å². The standard InChI is InChI=1S/C16H25F3N4O2S/c1-2-20-15(21-6-4-7-24-10-12-5-3-8-25-12)22-9-14-23-13(11-26-14)16(17,18)19/h11-12H,2-10H2,1H3,(H2,20,21,22). The van der Waals surface area contributed by atoms with Crippen LogP contribution in [0.3, 0.4) is 0 Å². The van der Waals surface area contributed by atoms with Crippen LogP contribution in [0.2, 0.25) is 0 Å². The van der Waals surface area contributed by atoms with Crippen LogP contribution in [0.4, 0.5) is 13.2 Å². The van der Waals surface area contributed by atoms with E-state index in [4.69, 9.17) is 9.47 Å². The Labute approximate surface area is 155 Å². The molecule has 1 fully saturated rings. The zero-order valence-corrected chi connectivity index (χ0v) is 15.6. The molecule has 1 aromatic heterocycles. The van der Waals surface area contributed by atoms with Crippen molar-refractivity contribution in [2.45, 2.75) is 45.0 Å². The summed E-state index contributed by atoms with van der Waals surface area (Å²) < 4.78 is 48.7. The summed E-state index contributed by atoms with van der Waals surface area (Å²) in [6, 6.07) is 0. The molecule has 0 aliphatic carbocycles. The molecule has 2 N–H and O–H groups in total. The van der Waals surface area contributed by atoms with E-state index in [1.807, 2.05) is 6.92 Å². The first-order valence-corrected chi connectivity index (χ1v) is 9.60. The van der Waals surface area contributed by atoms with Crippen LogP contribution in [0.15, 0.2) is 10.4 Å². The predicted octanol–water partition coefficient (Wildman–Crippen LogP) is 2.80. The highest BCUT2D eigenvalue weighted by molar-refractivity contribution is 7.09.